The number of hydrogen-bond donors (Lipinski definition) is 1. The van der Waals surface area contributed by atoms with Crippen molar-refractivity contribution >= 4 is 17.5 Å². The number of amides is 1. The molecule has 0 bridgehead atoms. The Labute approximate surface area is 143 Å². The molecule has 0 saturated carbocycles. The van der Waals surface area contributed by atoms with Crippen molar-refractivity contribution in [1.29, 1.82) is 0 Å². The highest BCUT2D eigenvalue weighted by atomic mass is 16.1. The van der Waals surface area contributed by atoms with Gasteiger partial charge in [0.2, 0.25) is 5.95 Å². The number of hydrogen-bond acceptors (Lipinski definition) is 4. The summed E-state index contributed by atoms with van der Waals surface area (Å²) in [6.07, 6.45) is 3.02. The van der Waals surface area contributed by atoms with Crippen LogP contribution in [0.1, 0.15) is 48.4 Å². The maximum absolute atomic E-state index is 12.4. The molecule has 5 nitrogen and oxygen atoms in total. The van der Waals surface area contributed by atoms with Crippen molar-refractivity contribution in [3.05, 3.63) is 47.3 Å². The predicted octanol–water partition coefficient (Wildman–Crippen LogP) is 3.40. The van der Waals surface area contributed by atoms with Crippen LogP contribution >= 0.6 is 0 Å². The molecule has 2 heterocycles. The van der Waals surface area contributed by atoms with Crippen LogP contribution in [0.15, 0.2) is 30.3 Å². The number of aryl methyl sites for hydroxylation is 2. The molecule has 3 rings (SSSR count). The molecule has 1 atom stereocenters. The van der Waals surface area contributed by atoms with Crippen LogP contribution in [0.5, 0.6) is 0 Å². The average Bonchev–Trinajstić information content (AvgIpc) is 2.60. The summed E-state index contributed by atoms with van der Waals surface area (Å²) < 4.78 is 0. The molecule has 0 radical (unpaired) electrons. The lowest BCUT2D eigenvalue weighted by molar-refractivity contribution is 0.0934. The molecule has 0 spiro atoms. The number of rotatable bonds is 4. The Hall–Kier alpha value is -2.43. The molecule has 126 valence electrons. The fraction of sp³-hybridized carbons (Fsp3) is 0.421. The standard InChI is InChI=1S/C19H24N4O/c1-4-13(2)20-18(24)16-12-14(3)21-19(22-16)23-11-7-9-15-8-5-6-10-17(15)23/h5-6,8,10,12-13H,4,7,9,11H2,1-3H3,(H,20,24). The summed E-state index contributed by atoms with van der Waals surface area (Å²) in [5.41, 5.74) is 3.68. The third-order valence-corrected chi connectivity index (χ3v) is 4.42. The van der Waals surface area contributed by atoms with Gasteiger partial charge < -0.3 is 10.2 Å². The van der Waals surface area contributed by atoms with E-state index in [1.165, 1.54) is 5.56 Å². The van der Waals surface area contributed by atoms with Crippen molar-refractivity contribution in [3.8, 4) is 0 Å². The minimum atomic E-state index is -0.138. The van der Waals surface area contributed by atoms with Gasteiger partial charge in [-0.25, -0.2) is 9.97 Å². The third kappa shape index (κ3) is 3.40. The van der Waals surface area contributed by atoms with Crippen molar-refractivity contribution in [2.24, 2.45) is 0 Å². The number of aromatic nitrogens is 2. The highest BCUT2D eigenvalue weighted by Crippen LogP contribution is 2.31. The van der Waals surface area contributed by atoms with Crippen LogP contribution in [0.25, 0.3) is 0 Å². The molecule has 24 heavy (non-hydrogen) atoms. The van der Waals surface area contributed by atoms with Gasteiger partial charge in [0.15, 0.2) is 0 Å². The molecule has 0 fully saturated rings. The van der Waals surface area contributed by atoms with Gasteiger partial charge in [-0.3, -0.25) is 4.79 Å². The molecule has 2 aromatic rings. The molecule has 1 aromatic carbocycles. The lowest BCUT2D eigenvalue weighted by atomic mass is 10.0. The minimum Gasteiger partial charge on any atom is -0.348 e. The van der Waals surface area contributed by atoms with E-state index in [0.29, 0.717) is 11.6 Å². The van der Waals surface area contributed by atoms with E-state index >= 15 is 0 Å². The zero-order valence-electron chi connectivity index (χ0n) is 14.5. The zero-order chi connectivity index (χ0) is 17.1. The van der Waals surface area contributed by atoms with Crippen LogP contribution in [-0.2, 0) is 6.42 Å². The minimum absolute atomic E-state index is 0.131. The molecule has 0 saturated heterocycles. The molecule has 1 aromatic heterocycles. The molecule has 5 heteroatoms. The number of para-hydroxylation sites is 1. The molecule has 0 aliphatic carbocycles. The summed E-state index contributed by atoms with van der Waals surface area (Å²) in [7, 11) is 0. The van der Waals surface area contributed by atoms with Crippen molar-refractivity contribution in [2.75, 3.05) is 11.4 Å². The van der Waals surface area contributed by atoms with Crippen molar-refractivity contribution < 1.29 is 4.79 Å². The number of nitrogens with one attached hydrogen (secondary N) is 1. The van der Waals surface area contributed by atoms with E-state index in [2.05, 4.69) is 38.4 Å². The zero-order valence-corrected chi connectivity index (χ0v) is 14.5. The molecular formula is C19H24N4O. The average molecular weight is 324 g/mol. The third-order valence-electron chi connectivity index (χ3n) is 4.42. The first-order valence-corrected chi connectivity index (χ1v) is 8.60. The van der Waals surface area contributed by atoms with E-state index in [4.69, 9.17) is 0 Å². The summed E-state index contributed by atoms with van der Waals surface area (Å²) in [5, 5.41) is 2.97. The first kappa shape index (κ1) is 16.4. The molecule has 1 aliphatic heterocycles. The SMILES string of the molecule is CCC(C)NC(=O)c1cc(C)nc(N2CCCc3ccccc32)n1. The van der Waals surface area contributed by atoms with E-state index in [1.807, 2.05) is 26.8 Å². The van der Waals surface area contributed by atoms with E-state index in [9.17, 15) is 4.79 Å². The summed E-state index contributed by atoms with van der Waals surface area (Å²) in [6, 6.07) is 10.2. The highest BCUT2D eigenvalue weighted by molar-refractivity contribution is 5.93. The van der Waals surface area contributed by atoms with Crippen LogP contribution in [0.4, 0.5) is 11.6 Å². The Morgan fingerprint density at radius 3 is 2.92 bits per heavy atom. The topological polar surface area (TPSA) is 58.1 Å². The summed E-state index contributed by atoms with van der Waals surface area (Å²) in [6.45, 7) is 6.81. The van der Waals surface area contributed by atoms with Gasteiger partial charge in [-0.05, 0) is 50.8 Å². The van der Waals surface area contributed by atoms with E-state index in [0.717, 1.165) is 37.2 Å². The Bertz CT molecular complexity index is 744. The van der Waals surface area contributed by atoms with Crippen LogP contribution in [0.2, 0.25) is 0 Å². The predicted molar refractivity (Wildman–Crippen MR) is 95.8 cm³/mol. The maximum Gasteiger partial charge on any atom is 0.270 e. The van der Waals surface area contributed by atoms with Crippen LogP contribution in [0.3, 0.4) is 0 Å². The Morgan fingerprint density at radius 1 is 1.33 bits per heavy atom. The second-order valence-corrected chi connectivity index (χ2v) is 6.36. The summed E-state index contributed by atoms with van der Waals surface area (Å²) >= 11 is 0. The normalized spacial score (nSPS) is 14.9. The van der Waals surface area contributed by atoms with E-state index in [1.54, 1.807) is 6.07 Å². The van der Waals surface area contributed by atoms with Gasteiger partial charge in [-0.2, -0.15) is 0 Å². The number of carbonyl (C=O) groups excluding carboxylic acids is 1. The van der Waals surface area contributed by atoms with Crippen molar-refractivity contribution in [1.82, 2.24) is 15.3 Å². The first-order valence-electron chi connectivity index (χ1n) is 8.60. The monoisotopic (exact) mass is 324 g/mol. The Balaban J connectivity index is 1.94. The number of carbonyl (C=O) groups is 1. The maximum atomic E-state index is 12.4. The van der Waals surface area contributed by atoms with Crippen LogP contribution < -0.4 is 10.2 Å². The first-order chi connectivity index (χ1) is 11.6. The second-order valence-electron chi connectivity index (χ2n) is 6.36. The van der Waals surface area contributed by atoms with Gasteiger partial charge in [-0.15, -0.1) is 0 Å². The van der Waals surface area contributed by atoms with Crippen LogP contribution in [-0.4, -0.2) is 28.5 Å². The van der Waals surface area contributed by atoms with Gasteiger partial charge in [-0.1, -0.05) is 25.1 Å². The van der Waals surface area contributed by atoms with Gasteiger partial charge in [0.25, 0.3) is 5.91 Å². The second kappa shape index (κ2) is 6.99. The van der Waals surface area contributed by atoms with Gasteiger partial charge >= 0.3 is 0 Å². The molecule has 1 N–H and O–H groups in total. The molecule has 1 unspecified atom stereocenters. The van der Waals surface area contributed by atoms with Gasteiger partial charge in [0.1, 0.15) is 5.69 Å². The molecule has 1 aliphatic rings. The Kier molecular flexibility index (Phi) is 4.79. The number of benzene rings is 1. The van der Waals surface area contributed by atoms with Crippen molar-refractivity contribution in [3.63, 3.8) is 0 Å². The highest BCUT2D eigenvalue weighted by Gasteiger charge is 2.21. The quantitative estimate of drug-likeness (QED) is 0.936. The van der Waals surface area contributed by atoms with Crippen molar-refractivity contribution in [2.45, 2.75) is 46.1 Å². The van der Waals surface area contributed by atoms with E-state index < -0.39 is 0 Å². The molecule has 1 amide bonds. The lowest BCUT2D eigenvalue weighted by Gasteiger charge is -2.29. The summed E-state index contributed by atoms with van der Waals surface area (Å²) in [5.74, 6) is 0.470. The lowest BCUT2D eigenvalue weighted by Crippen LogP contribution is -2.33. The fourth-order valence-corrected chi connectivity index (χ4v) is 2.93. The van der Waals surface area contributed by atoms with Gasteiger partial charge in [0.05, 0.1) is 0 Å². The smallest absolute Gasteiger partial charge is 0.270 e. The largest absolute Gasteiger partial charge is 0.348 e. The fourth-order valence-electron chi connectivity index (χ4n) is 2.93. The molecular weight excluding hydrogens is 300 g/mol. The van der Waals surface area contributed by atoms with E-state index in [-0.39, 0.29) is 11.9 Å². The Morgan fingerprint density at radius 2 is 2.12 bits per heavy atom. The van der Waals surface area contributed by atoms with Crippen LogP contribution in [0, 0.1) is 6.92 Å². The summed E-state index contributed by atoms with van der Waals surface area (Å²) in [4.78, 5) is 23.7. The number of anilines is 2. The van der Waals surface area contributed by atoms with Gasteiger partial charge in [0, 0.05) is 24.0 Å². The number of nitrogens with zero attached hydrogens (tertiary/aromatic N) is 3. The number of fused-ring (bicyclic) bond motifs is 1.